The normalized spacial score (nSPS) is 11.7. The van der Waals surface area contributed by atoms with Crippen LogP contribution in [0.25, 0.3) is 0 Å². The number of thioether (sulfide) groups is 1. The molecule has 0 fully saturated rings. The van der Waals surface area contributed by atoms with Gasteiger partial charge in [0.05, 0.1) is 0 Å². The Hall–Kier alpha value is -1.76. The highest BCUT2D eigenvalue weighted by molar-refractivity contribution is 7.98. The van der Waals surface area contributed by atoms with Gasteiger partial charge in [-0.25, -0.2) is 9.59 Å². The number of urea groups is 1. The van der Waals surface area contributed by atoms with Crippen LogP contribution in [-0.4, -0.2) is 46.7 Å². The smallest absolute Gasteiger partial charge is 0.326 e. The monoisotopic (exact) mass is 297 g/mol. The number of aromatic nitrogens is 1. The van der Waals surface area contributed by atoms with E-state index in [0.717, 1.165) is 5.56 Å². The zero-order valence-electron chi connectivity index (χ0n) is 11.3. The average molecular weight is 297 g/mol. The Morgan fingerprint density at radius 1 is 1.50 bits per heavy atom. The molecule has 7 heteroatoms. The van der Waals surface area contributed by atoms with Gasteiger partial charge in [-0.15, -0.1) is 0 Å². The van der Waals surface area contributed by atoms with Crippen molar-refractivity contribution in [3.8, 4) is 0 Å². The Bertz CT molecular complexity index is 428. The minimum atomic E-state index is -1.01. The van der Waals surface area contributed by atoms with Crippen LogP contribution in [-0.2, 0) is 11.2 Å². The molecule has 1 unspecified atom stereocenters. The molecule has 0 bridgehead atoms. The van der Waals surface area contributed by atoms with E-state index in [0.29, 0.717) is 25.1 Å². The lowest BCUT2D eigenvalue weighted by molar-refractivity contribution is -0.139. The van der Waals surface area contributed by atoms with Crippen molar-refractivity contribution >= 4 is 23.8 Å². The second-order valence-electron chi connectivity index (χ2n) is 4.18. The van der Waals surface area contributed by atoms with Gasteiger partial charge in [-0.1, -0.05) is 6.07 Å². The van der Waals surface area contributed by atoms with Crippen LogP contribution in [0.15, 0.2) is 24.5 Å². The van der Waals surface area contributed by atoms with E-state index in [1.54, 1.807) is 24.2 Å². The quantitative estimate of drug-likeness (QED) is 0.669. The Morgan fingerprint density at radius 3 is 2.90 bits per heavy atom. The van der Waals surface area contributed by atoms with E-state index in [2.05, 4.69) is 15.6 Å². The van der Waals surface area contributed by atoms with Crippen LogP contribution in [0.3, 0.4) is 0 Å². The number of carbonyl (C=O) groups excluding carboxylic acids is 1. The van der Waals surface area contributed by atoms with Crippen molar-refractivity contribution in [2.24, 2.45) is 0 Å². The largest absolute Gasteiger partial charge is 0.480 e. The molecule has 1 aromatic rings. The molecule has 2 amide bonds. The van der Waals surface area contributed by atoms with Crippen molar-refractivity contribution in [3.63, 3.8) is 0 Å². The van der Waals surface area contributed by atoms with Gasteiger partial charge in [0.15, 0.2) is 0 Å². The number of hydrogen-bond acceptors (Lipinski definition) is 4. The Morgan fingerprint density at radius 2 is 2.30 bits per heavy atom. The van der Waals surface area contributed by atoms with Crippen molar-refractivity contribution < 1.29 is 14.7 Å². The summed E-state index contributed by atoms with van der Waals surface area (Å²) < 4.78 is 0. The molecule has 0 aliphatic rings. The number of carbonyl (C=O) groups is 2. The molecule has 3 N–H and O–H groups in total. The van der Waals surface area contributed by atoms with Gasteiger partial charge in [-0.3, -0.25) is 4.98 Å². The first-order chi connectivity index (χ1) is 9.63. The summed E-state index contributed by atoms with van der Waals surface area (Å²) >= 11 is 1.55. The molecule has 0 saturated carbocycles. The Balaban J connectivity index is 2.29. The first-order valence-corrected chi connectivity index (χ1v) is 7.68. The highest BCUT2D eigenvalue weighted by Gasteiger charge is 2.18. The van der Waals surface area contributed by atoms with Gasteiger partial charge in [0.2, 0.25) is 0 Å². The molecule has 20 heavy (non-hydrogen) atoms. The van der Waals surface area contributed by atoms with E-state index in [4.69, 9.17) is 5.11 Å². The number of amides is 2. The van der Waals surface area contributed by atoms with Crippen molar-refractivity contribution in [1.82, 2.24) is 15.6 Å². The van der Waals surface area contributed by atoms with Crippen LogP contribution in [0.2, 0.25) is 0 Å². The third kappa shape index (κ3) is 6.42. The minimum Gasteiger partial charge on any atom is -0.480 e. The van der Waals surface area contributed by atoms with Crippen LogP contribution in [0.1, 0.15) is 12.0 Å². The molecule has 0 spiro atoms. The van der Waals surface area contributed by atoms with Crippen LogP contribution < -0.4 is 10.6 Å². The van der Waals surface area contributed by atoms with Crippen molar-refractivity contribution in [2.45, 2.75) is 18.9 Å². The Kier molecular flexibility index (Phi) is 7.49. The lowest BCUT2D eigenvalue weighted by Crippen LogP contribution is -2.46. The summed E-state index contributed by atoms with van der Waals surface area (Å²) in [6, 6.07) is 2.45. The molecule has 1 rings (SSSR count). The maximum Gasteiger partial charge on any atom is 0.326 e. The molecule has 6 nitrogen and oxygen atoms in total. The maximum atomic E-state index is 11.6. The topological polar surface area (TPSA) is 91.3 Å². The summed E-state index contributed by atoms with van der Waals surface area (Å²) in [7, 11) is 0. The van der Waals surface area contributed by atoms with Gasteiger partial charge in [0, 0.05) is 18.9 Å². The first kappa shape index (κ1) is 16.3. The molecule has 0 radical (unpaired) electrons. The number of carboxylic acids is 1. The number of nitrogens with one attached hydrogen (secondary N) is 2. The summed E-state index contributed by atoms with van der Waals surface area (Å²) in [4.78, 5) is 26.6. The molecule has 1 aromatic heterocycles. The number of hydrogen-bond donors (Lipinski definition) is 3. The van der Waals surface area contributed by atoms with Crippen LogP contribution >= 0.6 is 11.8 Å². The number of pyridine rings is 1. The SMILES string of the molecule is CSCCC(NC(=O)NCCc1cccnc1)C(=O)O. The summed E-state index contributed by atoms with van der Waals surface area (Å²) in [6.07, 6.45) is 6.38. The zero-order chi connectivity index (χ0) is 14.8. The third-order valence-electron chi connectivity index (χ3n) is 2.64. The summed E-state index contributed by atoms with van der Waals surface area (Å²) in [5.74, 6) is -0.325. The van der Waals surface area contributed by atoms with Crippen LogP contribution in [0, 0.1) is 0 Å². The second kappa shape index (κ2) is 9.19. The number of rotatable bonds is 8. The Labute approximate surface area is 122 Å². The molecule has 1 atom stereocenters. The van der Waals surface area contributed by atoms with Gasteiger partial charge in [-0.05, 0) is 36.5 Å². The van der Waals surface area contributed by atoms with Gasteiger partial charge < -0.3 is 15.7 Å². The van der Waals surface area contributed by atoms with E-state index >= 15 is 0 Å². The van der Waals surface area contributed by atoms with E-state index in [1.807, 2.05) is 18.4 Å². The number of aliphatic carboxylic acids is 1. The van der Waals surface area contributed by atoms with Crippen LogP contribution in [0.5, 0.6) is 0 Å². The number of nitrogens with zero attached hydrogens (tertiary/aromatic N) is 1. The summed E-state index contributed by atoms with van der Waals surface area (Å²) in [5.41, 5.74) is 1.02. The van der Waals surface area contributed by atoms with E-state index < -0.39 is 18.0 Å². The first-order valence-electron chi connectivity index (χ1n) is 6.28. The van der Waals surface area contributed by atoms with Gasteiger partial charge in [-0.2, -0.15) is 11.8 Å². The fourth-order valence-corrected chi connectivity index (χ4v) is 2.04. The lowest BCUT2D eigenvalue weighted by Gasteiger charge is -2.14. The molecule has 0 aromatic carbocycles. The third-order valence-corrected chi connectivity index (χ3v) is 3.28. The molecular formula is C13H19N3O3S. The highest BCUT2D eigenvalue weighted by Crippen LogP contribution is 2.01. The van der Waals surface area contributed by atoms with E-state index in [-0.39, 0.29) is 0 Å². The van der Waals surface area contributed by atoms with Crippen molar-refractivity contribution in [1.29, 1.82) is 0 Å². The minimum absolute atomic E-state index is 0.409. The second-order valence-corrected chi connectivity index (χ2v) is 5.17. The van der Waals surface area contributed by atoms with E-state index in [9.17, 15) is 9.59 Å². The van der Waals surface area contributed by atoms with E-state index in [1.165, 1.54) is 0 Å². The predicted molar refractivity (Wildman–Crippen MR) is 78.9 cm³/mol. The van der Waals surface area contributed by atoms with Crippen molar-refractivity contribution in [2.75, 3.05) is 18.6 Å². The van der Waals surface area contributed by atoms with Gasteiger partial charge in [0.1, 0.15) is 6.04 Å². The molecular weight excluding hydrogens is 278 g/mol. The summed E-state index contributed by atoms with van der Waals surface area (Å²) in [6.45, 7) is 0.437. The fourth-order valence-electron chi connectivity index (χ4n) is 1.57. The fraction of sp³-hybridized carbons (Fsp3) is 0.462. The molecule has 0 aliphatic carbocycles. The molecule has 0 saturated heterocycles. The van der Waals surface area contributed by atoms with Gasteiger partial charge in [0.25, 0.3) is 0 Å². The lowest BCUT2D eigenvalue weighted by atomic mass is 10.2. The standard InChI is InChI=1S/C13H19N3O3S/c1-20-8-5-11(12(17)18)16-13(19)15-7-4-10-3-2-6-14-9-10/h2-3,6,9,11H,4-5,7-8H2,1H3,(H,17,18)(H2,15,16,19). The average Bonchev–Trinajstić information content (AvgIpc) is 2.44. The zero-order valence-corrected chi connectivity index (χ0v) is 12.2. The van der Waals surface area contributed by atoms with Crippen molar-refractivity contribution in [3.05, 3.63) is 30.1 Å². The molecule has 110 valence electrons. The highest BCUT2D eigenvalue weighted by atomic mass is 32.2. The predicted octanol–water partition coefficient (Wildman–Crippen LogP) is 1.13. The van der Waals surface area contributed by atoms with Gasteiger partial charge >= 0.3 is 12.0 Å². The number of carboxylic acid groups (broad SMARTS) is 1. The molecule has 1 heterocycles. The summed E-state index contributed by atoms with van der Waals surface area (Å²) in [5, 5.41) is 14.1. The molecule has 0 aliphatic heterocycles. The maximum absolute atomic E-state index is 11.6. The van der Waals surface area contributed by atoms with Crippen LogP contribution in [0.4, 0.5) is 4.79 Å².